The number of hydrogen-bond acceptors (Lipinski definition) is 6. The van der Waals surface area contributed by atoms with Crippen molar-refractivity contribution in [3.8, 4) is 11.3 Å². The van der Waals surface area contributed by atoms with E-state index in [1.165, 1.54) is 0 Å². The van der Waals surface area contributed by atoms with Gasteiger partial charge in [-0.1, -0.05) is 12.1 Å². The van der Waals surface area contributed by atoms with Crippen LogP contribution in [0, 0.1) is 32.6 Å². The number of nitrogens with zero attached hydrogens (tertiary/aromatic N) is 3. The SMILES string of the molecule is Cc1cc(-c2cc(C(=O)N3C[C@@H](C)[C@H](C(=O)O)C3)c3c(C)noc3n2)c(C)o1. The van der Waals surface area contributed by atoms with Crippen LogP contribution in [0.2, 0.25) is 0 Å². The topological polar surface area (TPSA) is 110 Å². The Morgan fingerprint density at radius 2 is 1.96 bits per heavy atom. The number of aliphatic carboxylic acids is 1. The summed E-state index contributed by atoms with van der Waals surface area (Å²) in [5.74, 6) is -0.362. The summed E-state index contributed by atoms with van der Waals surface area (Å²) in [6, 6.07) is 3.57. The van der Waals surface area contributed by atoms with E-state index in [-0.39, 0.29) is 24.1 Å². The minimum atomic E-state index is -0.881. The molecule has 3 aromatic heterocycles. The minimum Gasteiger partial charge on any atom is -0.481 e. The van der Waals surface area contributed by atoms with E-state index in [1.54, 1.807) is 17.9 Å². The Morgan fingerprint density at radius 3 is 2.57 bits per heavy atom. The van der Waals surface area contributed by atoms with Gasteiger partial charge in [-0.3, -0.25) is 9.59 Å². The van der Waals surface area contributed by atoms with Gasteiger partial charge in [0.2, 0.25) is 0 Å². The van der Waals surface area contributed by atoms with Crippen LogP contribution in [0.15, 0.2) is 21.1 Å². The fraction of sp³-hybridized carbons (Fsp3) is 0.400. The summed E-state index contributed by atoms with van der Waals surface area (Å²) in [4.78, 5) is 30.8. The molecule has 0 bridgehead atoms. The molecule has 0 radical (unpaired) electrons. The van der Waals surface area contributed by atoms with Crippen molar-refractivity contribution in [1.82, 2.24) is 15.0 Å². The van der Waals surface area contributed by atoms with Gasteiger partial charge in [0.25, 0.3) is 11.6 Å². The van der Waals surface area contributed by atoms with Crippen LogP contribution < -0.4 is 0 Å². The number of carbonyl (C=O) groups excluding carboxylic acids is 1. The zero-order valence-corrected chi connectivity index (χ0v) is 16.1. The largest absolute Gasteiger partial charge is 0.481 e. The first-order chi connectivity index (χ1) is 13.3. The third-order valence-electron chi connectivity index (χ3n) is 5.38. The normalized spacial score (nSPS) is 19.5. The molecule has 4 heterocycles. The van der Waals surface area contributed by atoms with E-state index in [1.807, 2.05) is 26.8 Å². The number of carboxylic acids is 1. The smallest absolute Gasteiger partial charge is 0.308 e. The molecule has 8 nitrogen and oxygen atoms in total. The number of carbonyl (C=O) groups is 2. The van der Waals surface area contributed by atoms with Gasteiger partial charge in [0, 0.05) is 18.7 Å². The summed E-state index contributed by atoms with van der Waals surface area (Å²) in [6.07, 6.45) is 0. The molecule has 1 amide bonds. The van der Waals surface area contributed by atoms with Crippen LogP contribution in [-0.2, 0) is 4.79 Å². The maximum Gasteiger partial charge on any atom is 0.308 e. The Hall–Kier alpha value is -3.16. The van der Waals surface area contributed by atoms with Crippen molar-refractivity contribution >= 4 is 23.0 Å². The number of likely N-dealkylation sites (tertiary alicyclic amines) is 1. The van der Waals surface area contributed by atoms with Gasteiger partial charge in [-0.25, -0.2) is 4.98 Å². The van der Waals surface area contributed by atoms with Crippen LogP contribution in [0.3, 0.4) is 0 Å². The van der Waals surface area contributed by atoms with Gasteiger partial charge in [-0.05, 0) is 38.8 Å². The van der Waals surface area contributed by atoms with Crippen molar-refractivity contribution in [3.05, 3.63) is 34.9 Å². The van der Waals surface area contributed by atoms with E-state index in [9.17, 15) is 14.7 Å². The molecule has 3 aromatic rings. The number of rotatable bonds is 3. The lowest BCUT2D eigenvalue weighted by Gasteiger charge is -2.17. The molecule has 1 aliphatic heterocycles. The molecule has 4 rings (SSSR count). The van der Waals surface area contributed by atoms with Gasteiger partial charge < -0.3 is 18.9 Å². The molecule has 146 valence electrons. The quantitative estimate of drug-likeness (QED) is 0.739. The van der Waals surface area contributed by atoms with Crippen LogP contribution >= 0.6 is 0 Å². The number of amides is 1. The van der Waals surface area contributed by atoms with Gasteiger partial charge in [-0.15, -0.1) is 0 Å². The summed E-state index contributed by atoms with van der Waals surface area (Å²) in [7, 11) is 0. The van der Waals surface area contributed by atoms with Gasteiger partial charge in [0.15, 0.2) is 0 Å². The van der Waals surface area contributed by atoms with E-state index >= 15 is 0 Å². The molecule has 28 heavy (non-hydrogen) atoms. The zero-order valence-electron chi connectivity index (χ0n) is 16.1. The first kappa shape index (κ1) is 18.2. The summed E-state index contributed by atoms with van der Waals surface area (Å²) in [6.45, 7) is 7.86. The number of aryl methyl sites for hydroxylation is 3. The third-order valence-corrected chi connectivity index (χ3v) is 5.38. The van der Waals surface area contributed by atoms with Crippen LogP contribution in [0.4, 0.5) is 0 Å². The van der Waals surface area contributed by atoms with Crippen LogP contribution in [-0.4, -0.2) is 45.1 Å². The van der Waals surface area contributed by atoms with E-state index in [4.69, 9.17) is 8.94 Å². The highest BCUT2D eigenvalue weighted by atomic mass is 16.5. The van der Waals surface area contributed by atoms with Crippen LogP contribution in [0.1, 0.15) is 34.5 Å². The number of aromatic nitrogens is 2. The molecule has 1 aliphatic rings. The van der Waals surface area contributed by atoms with Gasteiger partial charge in [-0.2, -0.15) is 0 Å². The molecule has 1 saturated heterocycles. The van der Waals surface area contributed by atoms with Crippen molar-refractivity contribution in [2.75, 3.05) is 13.1 Å². The van der Waals surface area contributed by atoms with Crippen molar-refractivity contribution < 1.29 is 23.6 Å². The lowest BCUT2D eigenvalue weighted by Crippen LogP contribution is -2.30. The molecule has 0 aliphatic carbocycles. The first-order valence-corrected chi connectivity index (χ1v) is 9.12. The van der Waals surface area contributed by atoms with E-state index in [0.717, 1.165) is 11.3 Å². The van der Waals surface area contributed by atoms with E-state index in [2.05, 4.69) is 10.1 Å². The van der Waals surface area contributed by atoms with Gasteiger partial charge in [0.05, 0.1) is 28.3 Å². The average molecular weight is 383 g/mol. The predicted molar refractivity (Wildman–Crippen MR) is 99.9 cm³/mol. The number of pyridine rings is 1. The highest BCUT2D eigenvalue weighted by molar-refractivity contribution is 6.07. The fourth-order valence-corrected chi connectivity index (χ4v) is 3.91. The average Bonchev–Trinajstić information content (AvgIpc) is 3.31. The Labute approximate surface area is 161 Å². The predicted octanol–water partition coefficient (Wildman–Crippen LogP) is 3.20. The summed E-state index contributed by atoms with van der Waals surface area (Å²) in [5, 5.41) is 13.9. The Morgan fingerprint density at radius 1 is 1.21 bits per heavy atom. The highest BCUT2D eigenvalue weighted by Crippen LogP contribution is 2.32. The lowest BCUT2D eigenvalue weighted by atomic mass is 9.99. The lowest BCUT2D eigenvalue weighted by molar-refractivity contribution is -0.142. The first-order valence-electron chi connectivity index (χ1n) is 9.12. The van der Waals surface area contributed by atoms with Gasteiger partial charge in [0.1, 0.15) is 11.5 Å². The summed E-state index contributed by atoms with van der Waals surface area (Å²) >= 11 is 0. The zero-order chi connectivity index (χ0) is 20.2. The molecule has 0 saturated carbocycles. The molecular weight excluding hydrogens is 362 g/mol. The maximum atomic E-state index is 13.3. The van der Waals surface area contributed by atoms with Crippen molar-refractivity contribution in [1.29, 1.82) is 0 Å². The number of hydrogen-bond donors (Lipinski definition) is 1. The standard InChI is InChI=1S/C20H21N3O5/c1-9-7-23(8-15(9)20(25)26)19(24)14-6-16(13-5-10(2)27-12(13)4)21-18-17(14)11(3)22-28-18/h5-6,9,15H,7-8H2,1-4H3,(H,25,26)/t9-,15-/m1/s1. The molecule has 8 heteroatoms. The fourth-order valence-electron chi connectivity index (χ4n) is 3.91. The molecule has 2 atom stereocenters. The van der Waals surface area contributed by atoms with Gasteiger partial charge >= 0.3 is 5.97 Å². The van der Waals surface area contributed by atoms with Crippen molar-refractivity contribution in [2.45, 2.75) is 27.7 Å². The second kappa shape index (κ2) is 6.47. The monoisotopic (exact) mass is 383 g/mol. The summed E-state index contributed by atoms with van der Waals surface area (Å²) < 4.78 is 10.9. The molecule has 0 unspecified atom stereocenters. The molecular formula is C20H21N3O5. The van der Waals surface area contributed by atoms with Crippen LogP contribution in [0.25, 0.3) is 22.4 Å². The Kier molecular flexibility index (Phi) is 4.21. The molecule has 1 fully saturated rings. The second-order valence-electron chi connectivity index (χ2n) is 7.46. The molecule has 0 aromatic carbocycles. The maximum absolute atomic E-state index is 13.3. The minimum absolute atomic E-state index is 0.111. The second-order valence-corrected chi connectivity index (χ2v) is 7.46. The number of fused-ring (bicyclic) bond motifs is 1. The van der Waals surface area contributed by atoms with Crippen LogP contribution in [0.5, 0.6) is 0 Å². The van der Waals surface area contributed by atoms with Crippen molar-refractivity contribution in [2.24, 2.45) is 11.8 Å². The highest BCUT2D eigenvalue weighted by Gasteiger charge is 2.38. The molecule has 0 spiro atoms. The third kappa shape index (κ3) is 2.85. The van der Waals surface area contributed by atoms with E-state index in [0.29, 0.717) is 34.6 Å². The summed E-state index contributed by atoms with van der Waals surface area (Å²) in [5.41, 5.74) is 2.59. The number of furan rings is 1. The Bertz CT molecular complexity index is 1100. The Balaban J connectivity index is 1.82. The number of carboxylic acid groups (broad SMARTS) is 1. The van der Waals surface area contributed by atoms with Crippen molar-refractivity contribution in [3.63, 3.8) is 0 Å². The van der Waals surface area contributed by atoms with E-state index < -0.39 is 11.9 Å². The molecule has 1 N–H and O–H groups in total.